The van der Waals surface area contributed by atoms with Gasteiger partial charge in [-0.25, -0.2) is 4.79 Å². The number of nitrogens with one attached hydrogen (secondary N) is 1. The molecule has 0 amide bonds. The average Bonchev–Trinajstić information content (AvgIpc) is 2.98. The molecule has 3 heteroatoms. The van der Waals surface area contributed by atoms with Crippen molar-refractivity contribution in [1.82, 2.24) is 4.98 Å². The quantitative estimate of drug-likeness (QED) is 0.641. The van der Waals surface area contributed by atoms with E-state index in [-0.39, 0.29) is 5.54 Å². The van der Waals surface area contributed by atoms with Gasteiger partial charge in [-0.15, -0.1) is 0 Å². The number of fused-ring (bicyclic) bond motifs is 1. The SMILES string of the molecule is Cc1[nH]c2c(C3(N=C=O)CCCC3)cccc2c1C. The molecular weight excluding hydrogens is 236 g/mol. The molecule has 0 radical (unpaired) electrons. The summed E-state index contributed by atoms with van der Waals surface area (Å²) in [4.78, 5) is 18.5. The summed E-state index contributed by atoms with van der Waals surface area (Å²) in [6.07, 6.45) is 5.93. The van der Waals surface area contributed by atoms with Gasteiger partial charge in [0.05, 0.1) is 5.52 Å². The summed E-state index contributed by atoms with van der Waals surface area (Å²) >= 11 is 0. The van der Waals surface area contributed by atoms with Gasteiger partial charge in [-0.05, 0) is 32.3 Å². The zero-order valence-electron chi connectivity index (χ0n) is 11.4. The lowest BCUT2D eigenvalue weighted by molar-refractivity contribution is 0.459. The number of rotatable bonds is 2. The Kier molecular flexibility index (Phi) is 2.79. The van der Waals surface area contributed by atoms with E-state index in [0.29, 0.717) is 0 Å². The van der Waals surface area contributed by atoms with Crippen molar-refractivity contribution in [3.05, 3.63) is 35.0 Å². The van der Waals surface area contributed by atoms with E-state index in [9.17, 15) is 4.79 Å². The summed E-state index contributed by atoms with van der Waals surface area (Å²) in [5, 5.41) is 1.24. The molecule has 2 aromatic rings. The fourth-order valence-electron chi connectivity index (χ4n) is 3.36. The Labute approximate surface area is 112 Å². The highest BCUT2D eigenvalue weighted by Crippen LogP contribution is 2.44. The molecule has 1 aromatic heterocycles. The molecule has 0 atom stereocenters. The van der Waals surface area contributed by atoms with E-state index in [1.54, 1.807) is 6.08 Å². The predicted molar refractivity (Wildman–Crippen MR) is 76.0 cm³/mol. The molecule has 1 heterocycles. The first-order valence-electron chi connectivity index (χ1n) is 6.85. The third-order valence-electron chi connectivity index (χ3n) is 4.54. The highest BCUT2D eigenvalue weighted by molar-refractivity contribution is 5.88. The number of aliphatic imine (C=N–C) groups is 1. The first-order chi connectivity index (χ1) is 9.18. The van der Waals surface area contributed by atoms with Crippen molar-refractivity contribution in [1.29, 1.82) is 0 Å². The van der Waals surface area contributed by atoms with Crippen molar-refractivity contribution >= 4 is 17.0 Å². The van der Waals surface area contributed by atoms with Crippen LogP contribution in [-0.4, -0.2) is 11.1 Å². The Morgan fingerprint density at radius 3 is 2.68 bits per heavy atom. The van der Waals surface area contributed by atoms with Crippen molar-refractivity contribution in [2.24, 2.45) is 4.99 Å². The summed E-state index contributed by atoms with van der Waals surface area (Å²) in [7, 11) is 0. The van der Waals surface area contributed by atoms with Crippen molar-refractivity contribution < 1.29 is 4.79 Å². The van der Waals surface area contributed by atoms with Crippen molar-refractivity contribution in [3.63, 3.8) is 0 Å². The molecule has 1 aromatic carbocycles. The van der Waals surface area contributed by atoms with Crippen molar-refractivity contribution in [2.75, 3.05) is 0 Å². The number of benzene rings is 1. The van der Waals surface area contributed by atoms with E-state index in [1.807, 2.05) is 0 Å². The molecule has 1 fully saturated rings. The zero-order valence-corrected chi connectivity index (χ0v) is 11.4. The lowest BCUT2D eigenvalue weighted by atomic mass is 9.87. The van der Waals surface area contributed by atoms with Crippen LogP contribution in [0.15, 0.2) is 23.2 Å². The topological polar surface area (TPSA) is 45.2 Å². The minimum Gasteiger partial charge on any atom is -0.358 e. The molecule has 0 saturated heterocycles. The highest BCUT2D eigenvalue weighted by Gasteiger charge is 2.37. The normalized spacial score (nSPS) is 17.6. The monoisotopic (exact) mass is 254 g/mol. The lowest BCUT2D eigenvalue weighted by Gasteiger charge is -2.23. The number of isocyanates is 1. The van der Waals surface area contributed by atoms with Crippen LogP contribution >= 0.6 is 0 Å². The minimum atomic E-state index is -0.356. The van der Waals surface area contributed by atoms with Crippen molar-refractivity contribution in [3.8, 4) is 0 Å². The van der Waals surface area contributed by atoms with E-state index in [0.717, 1.165) is 36.8 Å². The van der Waals surface area contributed by atoms with Gasteiger partial charge in [0.1, 0.15) is 5.54 Å². The maximum absolute atomic E-state index is 10.8. The second kappa shape index (κ2) is 4.36. The summed E-state index contributed by atoms with van der Waals surface area (Å²) in [6, 6.07) is 6.30. The molecule has 19 heavy (non-hydrogen) atoms. The molecule has 0 bridgehead atoms. The summed E-state index contributed by atoms with van der Waals surface area (Å²) < 4.78 is 0. The van der Waals surface area contributed by atoms with E-state index >= 15 is 0 Å². The smallest absolute Gasteiger partial charge is 0.235 e. The number of para-hydroxylation sites is 1. The van der Waals surface area contributed by atoms with Crippen LogP contribution in [0.5, 0.6) is 0 Å². The van der Waals surface area contributed by atoms with Gasteiger partial charge in [0.15, 0.2) is 0 Å². The average molecular weight is 254 g/mol. The van der Waals surface area contributed by atoms with Crippen LogP contribution in [0, 0.1) is 13.8 Å². The van der Waals surface area contributed by atoms with Gasteiger partial charge in [-0.3, -0.25) is 0 Å². The predicted octanol–water partition coefficient (Wildman–Crippen LogP) is 3.89. The summed E-state index contributed by atoms with van der Waals surface area (Å²) in [5.41, 5.74) is 4.40. The molecule has 3 rings (SSSR count). The molecule has 3 nitrogen and oxygen atoms in total. The molecule has 98 valence electrons. The van der Waals surface area contributed by atoms with Gasteiger partial charge in [-0.1, -0.05) is 31.0 Å². The Morgan fingerprint density at radius 2 is 2.00 bits per heavy atom. The molecule has 1 saturated carbocycles. The van der Waals surface area contributed by atoms with Gasteiger partial charge in [-0.2, -0.15) is 4.99 Å². The highest BCUT2D eigenvalue weighted by atomic mass is 16.1. The number of hydrogen-bond acceptors (Lipinski definition) is 2. The number of hydrogen-bond donors (Lipinski definition) is 1. The molecular formula is C16H18N2O. The minimum absolute atomic E-state index is 0.356. The first-order valence-corrected chi connectivity index (χ1v) is 6.85. The molecule has 0 spiro atoms. The van der Waals surface area contributed by atoms with E-state index in [4.69, 9.17) is 0 Å². The number of aryl methyl sites for hydroxylation is 2. The third-order valence-corrected chi connectivity index (χ3v) is 4.54. The number of nitrogens with zero attached hydrogens (tertiary/aromatic N) is 1. The van der Waals surface area contributed by atoms with Gasteiger partial charge >= 0.3 is 0 Å². The van der Waals surface area contributed by atoms with Gasteiger partial charge < -0.3 is 4.98 Å². The Bertz CT molecular complexity index is 671. The fraction of sp³-hybridized carbons (Fsp3) is 0.438. The number of H-pyrrole nitrogens is 1. The first kappa shape index (κ1) is 12.2. The number of aromatic nitrogens is 1. The number of aromatic amines is 1. The van der Waals surface area contributed by atoms with E-state index < -0.39 is 0 Å². The van der Waals surface area contributed by atoms with Crippen LogP contribution in [0.2, 0.25) is 0 Å². The third kappa shape index (κ3) is 1.73. The largest absolute Gasteiger partial charge is 0.358 e. The van der Waals surface area contributed by atoms with Gasteiger partial charge in [0.2, 0.25) is 6.08 Å². The van der Waals surface area contributed by atoms with Crippen LogP contribution in [0.4, 0.5) is 0 Å². The maximum atomic E-state index is 10.8. The Balaban J connectivity index is 2.30. The van der Waals surface area contributed by atoms with Gasteiger partial charge in [0, 0.05) is 16.6 Å². The second-order valence-electron chi connectivity index (χ2n) is 5.54. The maximum Gasteiger partial charge on any atom is 0.235 e. The van der Waals surface area contributed by atoms with Crippen LogP contribution in [0.3, 0.4) is 0 Å². The lowest BCUT2D eigenvalue weighted by Crippen LogP contribution is -2.19. The van der Waals surface area contributed by atoms with Crippen LogP contribution < -0.4 is 0 Å². The molecule has 1 aliphatic rings. The van der Waals surface area contributed by atoms with E-state index in [1.165, 1.54) is 16.6 Å². The van der Waals surface area contributed by atoms with Crippen molar-refractivity contribution in [2.45, 2.75) is 45.1 Å². The van der Waals surface area contributed by atoms with E-state index in [2.05, 4.69) is 42.0 Å². The van der Waals surface area contributed by atoms with Crippen LogP contribution in [0.1, 0.15) is 42.5 Å². The molecule has 0 unspecified atom stereocenters. The molecule has 1 aliphatic carbocycles. The number of carbonyl (C=O) groups excluding carboxylic acids is 1. The second-order valence-corrected chi connectivity index (χ2v) is 5.54. The van der Waals surface area contributed by atoms with Gasteiger partial charge in [0.25, 0.3) is 0 Å². The zero-order chi connectivity index (χ0) is 13.5. The van der Waals surface area contributed by atoms with Crippen LogP contribution in [0.25, 0.3) is 10.9 Å². The Morgan fingerprint density at radius 1 is 1.26 bits per heavy atom. The summed E-state index contributed by atoms with van der Waals surface area (Å²) in [6.45, 7) is 4.21. The fourth-order valence-corrected chi connectivity index (χ4v) is 3.36. The van der Waals surface area contributed by atoms with Crippen LogP contribution in [-0.2, 0) is 10.3 Å². The molecule has 0 aliphatic heterocycles. The summed E-state index contributed by atoms with van der Waals surface area (Å²) in [5.74, 6) is 0. The standard InChI is InChI=1S/C16H18N2O/c1-11-12(2)18-15-13(11)6-5-7-14(15)16(17-10-19)8-3-4-9-16/h5-7,18H,3-4,8-9H2,1-2H3. The molecule has 1 N–H and O–H groups in total. The Hall–Kier alpha value is -1.86.